The molecule has 2 nitrogen and oxygen atoms in total. The van der Waals surface area contributed by atoms with Crippen LogP contribution in [0.1, 0.15) is 32.3 Å². The fourth-order valence-corrected chi connectivity index (χ4v) is 2.66. The van der Waals surface area contributed by atoms with Crippen molar-refractivity contribution in [2.75, 3.05) is 19.6 Å². The number of hydrogen-bond acceptors (Lipinski definition) is 2. The molecule has 1 fully saturated rings. The van der Waals surface area contributed by atoms with Crippen LogP contribution in [0.25, 0.3) is 0 Å². The molecule has 2 rings (SSSR count). The van der Waals surface area contributed by atoms with Crippen molar-refractivity contribution in [1.82, 2.24) is 10.2 Å². The predicted molar refractivity (Wildman–Crippen MR) is 77.5 cm³/mol. The first-order chi connectivity index (χ1) is 9.56. The van der Waals surface area contributed by atoms with Gasteiger partial charge >= 0.3 is 0 Å². The number of nitrogens with one attached hydrogen (secondary N) is 1. The van der Waals surface area contributed by atoms with Crippen molar-refractivity contribution in [3.63, 3.8) is 0 Å². The van der Waals surface area contributed by atoms with Crippen LogP contribution in [0.2, 0.25) is 0 Å². The van der Waals surface area contributed by atoms with Gasteiger partial charge in [-0.1, -0.05) is 19.9 Å². The van der Waals surface area contributed by atoms with E-state index in [1.807, 2.05) is 0 Å². The van der Waals surface area contributed by atoms with E-state index < -0.39 is 11.6 Å². The molecule has 1 saturated heterocycles. The van der Waals surface area contributed by atoms with Crippen molar-refractivity contribution in [2.24, 2.45) is 5.92 Å². The number of likely N-dealkylation sites (tertiary alicyclic amines) is 1. The molecule has 0 aliphatic carbocycles. The molecule has 1 N–H and O–H groups in total. The van der Waals surface area contributed by atoms with Gasteiger partial charge in [-0.05, 0) is 50.5 Å². The summed E-state index contributed by atoms with van der Waals surface area (Å²) in [7, 11) is 0. The third-order valence-corrected chi connectivity index (χ3v) is 3.97. The van der Waals surface area contributed by atoms with Gasteiger partial charge in [0.25, 0.3) is 0 Å². The van der Waals surface area contributed by atoms with Crippen molar-refractivity contribution in [3.8, 4) is 0 Å². The molecule has 1 aliphatic rings. The summed E-state index contributed by atoms with van der Waals surface area (Å²) in [4.78, 5) is 2.15. The van der Waals surface area contributed by atoms with Gasteiger partial charge in [0.1, 0.15) is 11.6 Å². The average Bonchev–Trinajstić information content (AvgIpc) is 2.42. The second kappa shape index (κ2) is 7.14. The summed E-state index contributed by atoms with van der Waals surface area (Å²) in [5.41, 5.74) is 0.200. The van der Waals surface area contributed by atoms with E-state index in [0.717, 1.165) is 32.5 Å². The van der Waals surface area contributed by atoms with Crippen LogP contribution in [0, 0.1) is 17.6 Å². The molecular weight excluding hydrogens is 258 g/mol. The normalized spacial score (nSPS) is 17.9. The molecule has 4 heteroatoms. The highest BCUT2D eigenvalue weighted by Gasteiger charge is 2.21. The Hall–Kier alpha value is -1.00. The highest BCUT2D eigenvalue weighted by molar-refractivity contribution is 5.19. The molecule has 0 amide bonds. The Balaban J connectivity index is 1.82. The van der Waals surface area contributed by atoms with Gasteiger partial charge in [-0.2, -0.15) is 0 Å². The van der Waals surface area contributed by atoms with Gasteiger partial charge in [0, 0.05) is 18.2 Å². The van der Waals surface area contributed by atoms with Crippen LogP contribution in [0.3, 0.4) is 0 Å². The fourth-order valence-electron chi connectivity index (χ4n) is 2.66. The van der Waals surface area contributed by atoms with Crippen molar-refractivity contribution in [3.05, 3.63) is 35.4 Å². The van der Waals surface area contributed by atoms with E-state index in [1.165, 1.54) is 18.2 Å². The first-order valence-electron chi connectivity index (χ1n) is 7.45. The Kier molecular flexibility index (Phi) is 5.49. The molecular formula is C16H24F2N2. The lowest BCUT2D eigenvalue weighted by atomic mass is 9.96. The Morgan fingerprint density at radius 2 is 1.80 bits per heavy atom. The molecule has 0 bridgehead atoms. The highest BCUT2D eigenvalue weighted by Crippen LogP contribution is 2.21. The van der Waals surface area contributed by atoms with E-state index in [9.17, 15) is 8.78 Å². The summed E-state index contributed by atoms with van der Waals surface area (Å²) in [6.45, 7) is 7.55. The number of halogens is 2. The lowest BCUT2D eigenvalue weighted by molar-refractivity contribution is 0.170. The van der Waals surface area contributed by atoms with E-state index in [0.29, 0.717) is 18.5 Å². The van der Waals surface area contributed by atoms with Crippen molar-refractivity contribution >= 4 is 0 Å². The molecule has 112 valence electrons. The monoisotopic (exact) mass is 282 g/mol. The van der Waals surface area contributed by atoms with E-state index in [4.69, 9.17) is 0 Å². The highest BCUT2D eigenvalue weighted by atomic mass is 19.1. The standard InChI is InChI=1S/C16H24F2N2/c1-12(2)19-10-13-6-8-20(9-7-13)11-14-15(17)4-3-5-16(14)18/h3-5,12-13,19H,6-11H2,1-2H3. The summed E-state index contributed by atoms with van der Waals surface area (Å²) in [5, 5.41) is 3.46. The summed E-state index contributed by atoms with van der Waals surface area (Å²) in [6, 6.07) is 4.59. The Labute approximate surface area is 120 Å². The maximum atomic E-state index is 13.6. The summed E-state index contributed by atoms with van der Waals surface area (Å²) < 4.78 is 27.2. The molecule has 0 atom stereocenters. The van der Waals surface area contributed by atoms with Crippen molar-refractivity contribution in [2.45, 2.75) is 39.3 Å². The minimum Gasteiger partial charge on any atom is -0.314 e. The number of benzene rings is 1. The third-order valence-electron chi connectivity index (χ3n) is 3.97. The molecule has 1 aromatic carbocycles. The van der Waals surface area contributed by atoms with Gasteiger partial charge in [-0.25, -0.2) is 8.78 Å². The van der Waals surface area contributed by atoms with Gasteiger partial charge in [0.05, 0.1) is 0 Å². The molecule has 0 unspecified atom stereocenters. The zero-order chi connectivity index (χ0) is 14.5. The SMILES string of the molecule is CC(C)NCC1CCN(Cc2c(F)cccc2F)CC1. The lowest BCUT2D eigenvalue weighted by Crippen LogP contribution is -2.38. The lowest BCUT2D eigenvalue weighted by Gasteiger charge is -2.32. The summed E-state index contributed by atoms with van der Waals surface area (Å²) in [5.74, 6) is -0.193. The quantitative estimate of drug-likeness (QED) is 0.892. The summed E-state index contributed by atoms with van der Waals surface area (Å²) >= 11 is 0. The Morgan fingerprint density at radius 1 is 1.20 bits per heavy atom. The van der Waals surface area contributed by atoms with Crippen molar-refractivity contribution < 1.29 is 8.78 Å². The molecule has 20 heavy (non-hydrogen) atoms. The first kappa shape index (κ1) is 15.4. The zero-order valence-electron chi connectivity index (χ0n) is 12.3. The van der Waals surface area contributed by atoms with Crippen LogP contribution < -0.4 is 5.32 Å². The summed E-state index contributed by atoms with van der Waals surface area (Å²) in [6.07, 6.45) is 2.19. The number of nitrogens with zero attached hydrogens (tertiary/aromatic N) is 1. The van der Waals surface area contributed by atoms with Crippen LogP contribution in [0.4, 0.5) is 8.78 Å². The van der Waals surface area contributed by atoms with Crippen LogP contribution in [0.15, 0.2) is 18.2 Å². The smallest absolute Gasteiger partial charge is 0.130 e. The molecule has 1 aliphatic heterocycles. The van der Waals surface area contributed by atoms with Gasteiger partial charge in [-0.15, -0.1) is 0 Å². The van der Waals surface area contributed by atoms with Crippen LogP contribution in [-0.4, -0.2) is 30.6 Å². The van der Waals surface area contributed by atoms with Gasteiger partial charge < -0.3 is 5.32 Å². The van der Waals surface area contributed by atoms with E-state index >= 15 is 0 Å². The minimum atomic E-state index is -0.436. The third kappa shape index (κ3) is 4.25. The van der Waals surface area contributed by atoms with Crippen molar-refractivity contribution in [1.29, 1.82) is 0 Å². The molecule has 1 aromatic rings. The Bertz CT molecular complexity index is 406. The minimum absolute atomic E-state index is 0.200. The number of hydrogen-bond donors (Lipinski definition) is 1. The number of piperidine rings is 1. The van der Waals surface area contributed by atoms with E-state index in [1.54, 1.807) is 0 Å². The topological polar surface area (TPSA) is 15.3 Å². The van der Waals surface area contributed by atoms with Gasteiger partial charge in [-0.3, -0.25) is 4.90 Å². The van der Waals surface area contributed by atoms with E-state index in [-0.39, 0.29) is 5.56 Å². The zero-order valence-corrected chi connectivity index (χ0v) is 12.3. The predicted octanol–water partition coefficient (Wildman–Crippen LogP) is 3.17. The maximum Gasteiger partial charge on any atom is 0.130 e. The van der Waals surface area contributed by atoms with E-state index in [2.05, 4.69) is 24.1 Å². The molecule has 0 saturated carbocycles. The van der Waals surface area contributed by atoms with Crippen LogP contribution in [0.5, 0.6) is 0 Å². The van der Waals surface area contributed by atoms with Crippen LogP contribution in [-0.2, 0) is 6.54 Å². The Morgan fingerprint density at radius 3 is 2.35 bits per heavy atom. The van der Waals surface area contributed by atoms with Gasteiger partial charge in [0.15, 0.2) is 0 Å². The largest absolute Gasteiger partial charge is 0.314 e. The fraction of sp³-hybridized carbons (Fsp3) is 0.625. The first-order valence-corrected chi connectivity index (χ1v) is 7.45. The second-order valence-corrected chi connectivity index (χ2v) is 5.98. The number of rotatable bonds is 5. The molecule has 0 radical (unpaired) electrons. The molecule has 0 aromatic heterocycles. The molecule has 1 heterocycles. The van der Waals surface area contributed by atoms with Gasteiger partial charge in [0.2, 0.25) is 0 Å². The average molecular weight is 282 g/mol. The maximum absolute atomic E-state index is 13.6. The second-order valence-electron chi connectivity index (χ2n) is 5.98. The van der Waals surface area contributed by atoms with Crippen LogP contribution >= 0.6 is 0 Å². The molecule has 0 spiro atoms.